The fraction of sp³-hybridized carbons (Fsp3) is 0.333. The van der Waals surface area contributed by atoms with Crippen LogP contribution in [0.25, 0.3) is 0 Å². The summed E-state index contributed by atoms with van der Waals surface area (Å²) in [5.41, 5.74) is 0.439. The van der Waals surface area contributed by atoms with E-state index in [2.05, 4.69) is 15.7 Å². The maximum Gasteiger partial charge on any atom is 0.137 e. The lowest BCUT2D eigenvalue weighted by Gasteiger charge is -2.10. The number of hydrogen-bond donors (Lipinski definition) is 2. The van der Waals surface area contributed by atoms with E-state index in [9.17, 15) is 14.9 Å². The molecular weight excluding hydrogens is 198 g/mol. The molecule has 0 aliphatic carbocycles. The van der Waals surface area contributed by atoms with Gasteiger partial charge in [0, 0.05) is 6.54 Å². The van der Waals surface area contributed by atoms with Crippen LogP contribution in [0.3, 0.4) is 0 Å². The van der Waals surface area contributed by atoms with Crippen LogP contribution >= 0.6 is 0 Å². The van der Waals surface area contributed by atoms with Gasteiger partial charge in [-0.1, -0.05) is 6.07 Å². The zero-order chi connectivity index (χ0) is 11.3. The molecule has 0 radical (unpaired) electrons. The van der Waals surface area contributed by atoms with E-state index in [0.717, 1.165) is 0 Å². The number of likely N-dealkylation sites (N-methyl/N-ethyl adjacent to an activating group) is 1. The minimum absolute atomic E-state index is 0.0228. The average molecular weight is 209 g/mol. The number of aliphatic hydroxyl groups is 1. The summed E-state index contributed by atoms with van der Waals surface area (Å²) in [4.78, 5) is 20.6. The lowest BCUT2D eigenvalue weighted by Crippen LogP contribution is -2.16. The van der Waals surface area contributed by atoms with Crippen molar-refractivity contribution >= 4 is 11.4 Å². The summed E-state index contributed by atoms with van der Waals surface area (Å²) in [6.45, 7) is 0.353. The van der Waals surface area contributed by atoms with Gasteiger partial charge in [0.05, 0.1) is 6.10 Å². The van der Waals surface area contributed by atoms with Crippen molar-refractivity contribution < 1.29 is 5.11 Å². The third kappa shape index (κ3) is 2.64. The summed E-state index contributed by atoms with van der Waals surface area (Å²) in [5.74, 6) is 0. The summed E-state index contributed by atoms with van der Waals surface area (Å²) in [5, 5.41) is 17.7. The number of nitroso groups, excluding NO2 is 2. The summed E-state index contributed by atoms with van der Waals surface area (Å²) < 4.78 is 0. The Bertz CT molecular complexity index is 368. The zero-order valence-electron chi connectivity index (χ0n) is 8.17. The van der Waals surface area contributed by atoms with Crippen molar-refractivity contribution in [2.75, 3.05) is 13.6 Å². The van der Waals surface area contributed by atoms with Crippen LogP contribution in [-0.4, -0.2) is 18.7 Å². The van der Waals surface area contributed by atoms with Crippen LogP contribution in [0.4, 0.5) is 11.4 Å². The van der Waals surface area contributed by atoms with Gasteiger partial charge in [0.2, 0.25) is 0 Å². The molecule has 80 valence electrons. The molecule has 6 nitrogen and oxygen atoms in total. The summed E-state index contributed by atoms with van der Waals surface area (Å²) in [6.07, 6.45) is -0.740. The molecule has 0 saturated carbocycles. The second-order valence-electron chi connectivity index (χ2n) is 3.00. The van der Waals surface area contributed by atoms with Crippen LogP contribution < -0.4 is 5.32 Å². The molecular formula is C9H11N3O3. The van der Waals surface area contributed by atoms with Crippen molar-refractivity contribution in [2.45, 2.75) is 6.10 Å². The van der Waals surface area contributed by atoms with Gasteiger partial charge in [-0.15, -0.1) is 9.81 Å². The third-order valence-electron chi connectivity index (χ3n) is 1.98. The Kier molecular flexibility index (Phi) is 4.02. The number of hydrogen-bond acceptors (Lipinski definition) is 6. The van der Waals surface area contributed by atoms with Crippen LogP contribution in [0.2, 0.25) is 0 Å². The molecule has 0 aliphatic rings. The SMILES string of the molecule is CNCC(O)c1ccc(N=O)c(N=O)c1. The highest BCUT2D eigenvalue weighted by atomic mass is 16.3. The molecule has 0 aliphatic heterocycles. The van der Waals surface area contributed by atoms with Gasteiger partial charge in [0.25, 0.3) is 0 Å². The number of aliphatic hydroxyl groups excluding tert-OH is 1. The predicted octanol–water partition coefficient (Wildman–Crippen LogP) is 1.74. The largest absolute Gasteiger partial charge is 0.387 e. The lowest BCUT2D eigenvalue weighted by molar-refractivity contribution is 0.178. The molecule has 1 aromatic carbocycles. The fourth-order valence-corrected chi connectivity index (χ4v) is 1.21. The summed E-state index contributed by atoms with van der Waals surface area (Å²) in [6, 6.07) is 4.25. The van der Waals surface area contributed by atoms with Crippen molar-refractivity contribution in [3.63, 3.8) is 0 Å². The molecule has 0 saturated heterocycles. The van der Waals surface area contributed by atoms with Crippen LogP contribution in [-0.2, 0) is 0 Å². The monoisotopic (exact) mass is 209 g/mol. The molecule has 0 amide bonds. The molecule has 0 aromatic heterocycles. The normalized spacial score (nSPS) is 12.1. The number of nitrogens with one attached hydrogen (secondary N) is 1. The van der Waals surface area contributed by atoms with Crippen LogP contribution in [0.5, 0.6) is 0 Å². The Labute approximate surface area is 86.3 Å². The van der Waals surface area contributed by atoms with Crippen LogP contribution in [0, 0.1) is 9.81 Å². The van der Waals surface area contributed by atoms with E-state index in [4.69, 9.17) is 0 Å². The van der Waals surface area contributed by atoms with E-state index in [-0.39, 0.29) is 11.4 Å². The van der Waals surface area contributed by atoms with Gasteiger partial charge in [-0.05, 0) is 35.1 Å². The Hall–Kier alpha value is -1.66. The Morgan fingerprint density at radius 2 is 2.00 bits per heavy atom. The van der Waals surface area contributed by atoms with E-state index in [1.165, 1.54) is 18.2 Å². The Morgan fingerprint density at radius 1 is 1.33 bits per heavy atom. The molecule has 6 heteroatoms. The molecule has 15 heavy (non-hydrogen) atoms. The number of rotatable bonds is 5. The summed E-state index contributed by atoms with van der Waals surface area (Å²) in [7, 11) is 1.70. The quantitative estimate of drug-likeness (QED) is 0.722. The smallest absolute Gasteiger partial charge is 0.137 e. The van der Waals surface area contributed by atoms with Gasteiger partial charge >= 0.3 is 0 Å². The predicted molar refractivity (Wildman–Crippen MR) is 56.2 cm³/mol. The highest BCUT2D eigenvalue weighted by Crippen LogP contribution is 2.30. The van der Waals surface area contributed by atoms with Gasteiger partial charge in [0.15, 0.2) is 0 Å². The van der Waals surface area contributed by atoms with Crippen molar-refractivity contribution in [1.82, 2.24) is 5.32 Å². The molecule has 1 atom stereocenters. The molecule has 2 N–H and O–H groups in total. The topological polar surface area (TPSA) is 91.1 Å². The maximum absolute atomic E-state index is 10.4. The second kappa shape index (κ2) is 5.28. The highest BCUT2D eigenvalue weighted by Gasteiger charge is 2.10. The molecule has 0 bridgehead atoms. The van der Waals surface area contributed by atoms with Gasteiger partial charge in [-0.2, -0.15) is 0 Å². The van der Waals surface area contributed by atoms with Crippen LogP contribution in [0.15, 0.2) is 28.6 Å². The Morgan fingerprint density at radius 3 is 2.53 bits per heavy atom. The minimum Gasteiger partial charge on any atom is -0.387 e. The fourth-order valence-electron chi connectivity index (χ4n) is 1.21. The standard InChI is InChI=1S/C9H11N3O3/c1-10-5-9(13)6-2-3-7(11-14)8(4-6)12-15/h2-4,9-10,13H,5H2,1H3. The molecule has 1 rings (SSSR count). The van der Waals surface area contributed by atoms with E-state index in [1.54, 1.807) is 7.05 Å². The molecule has 0 spiro atoms. The van der Waals surface area contributed by atoms with Crippen molar-refractivity contribution in [2.24, 2.45) is 10.4 Å². The zero-order valence-corrected chi connectivity index (χ0v) is 8.17. The van der Waals surface area contributed by atoms with Crippen molar-refractivity contribution in [3.05, 3.63) is 33.6 Å². The lowest BCUT2D eigenvalue weighted by atomic mass is 10.1. The van der Waals surface area contributed by atoms with E-state index in [0.29, 0.717) is 12.1 Å². The average Bonchev–Trinajstić information content (AvgIpc) is 2.28. The van der Waals surface area contributed by atoms with E-state index >= 15 is 0 Å². The molecule has 0 heterocycles. The first-order chi connectivity index (χ1) is 7.22. The van der Waals surface area contributed by atoms with Crippen LogP contribution in [0.1, 0.15) is 11.7 Å². The van der Waals surface area contributed by atoms with Gasteiger partial charge in [-0.25, -0.2) is 0 Å². The third-order valence-corrected chi connectivity index (χ3v) is 1.98. The van der Waals surface area contributed by atoms with Gasteiger partial charge < -0.3 is 10.4 Å². The van der Waals surface area contributed by atoms with E-state index < -0.39 is 6.10 Å². The van der Waals surface area contributed by atoms with Gasteiger partial charge in [0.1, 0.15) is 11.4 Å². The first-order valence-corrected chi connectivity index (χ1v) is 4.36. The molecule has 1 aromatic rings. The number of nitrogens with zero attached hydrogens (tertiary/aromatic N) is 2. The van der Waals surface area contributed by atoms with Gasteiger partial charge in [-0.3, -0.25) is 0 Å². The van der Waals surface area contributed by atoms with Crippen molar-refractivity contribution in [3.8, 4) is 0 Å². The summed E-state index contributed by atoms with van der Waals surface area (Å²) >= 11 is 0. The minimum atomic E-state index is -0.740. The number of benzene rings is 1. The first kappa shape index (κ1) is 11.4. The highest BCUT2D eigenvalue weighted by molar-refractivity contribution is 5.62. The van der Waals surface area contributed by atoms with E-state index in [1.807, 2.05) is 0 Å². The Balaban J connectivity index is 3.02. The maximum atomic E-state index is 10.4. The molecule has 1 unspecified atom stereocenters. The second-order valence-corrected chi connectivity index (χ2v) is 3.00. The van der Waals surface area contributed by atoms with Crippen molar-refractivity contribution in [1.29, 1.82) is 0 Å². The first-order valence-electron chi connectivity index (χ1n) is 4.36. The molecule has 0 fully saturated rings.